The van der Waals surface area contributed by atoms with Crippen molar-refractivity contribution in [1.29, 1.82) is 0 Å². The van der Waals surface area contributed by atoms with Crippen LogP contribution in [0.15, 0.2) is 30.3 Å². The van der Waals surface area contributed by atoms with E-state index in [4.69, 9.17) is 4.74 Å². The number of ether oxygens (including phenoxy) is 2. The van der Waals surface area contributed by atoms with Gasteiger partial charge in [0.2, 0.25) is 0 Å². The Hall–Kier alpha value is -2.17. The number of carbonyl (C=O) groups is 3. The second kappa shape index (κ2) is 8.09. The number of hydrogen-bond donors (Lipinski definition) is 0. The van der Waals surface area contributed by atoms with Gasteiger partial charge in [0.25, 0.3) is 0 Å². The molecule has 0 saturated heterocycles. The van der Waals surface area contributed by atoms with Crippen molar-refractivity contribution < 1.29 is 23.9 Å². The van der Waals surface area contributed by atoms with Crippen LogP contribution >= 0.6 is 0 Å². The number of rotatable bonds is 7. The summed E-state index contributed by atoms with van der Waals surface area (Å²) in [5.41, 5.74) is 0.858. The van der Waals surface area contributed by atoms with Crippen LogP contribution in [0.2, 0.25) is 0 Å². The van der Waals surface area contributed by atoms with Gasteiger partial charge in [-0.1, -0.05) is 37.3 Å². The molecule has 20 heavy (non-hydrogen) atoms. The van der Waals surface area contributed by atoms with Crippen LogP contribution in [0.5, 0.6) is 0 Å². The molecule has 1 unspecified atom stereocenters. The fourth-order valence-electron chi connectivity index (χ4n) is 1.65. The Balaban J connectivity index is 2.31. The van der Waals surface area contributed by atoms with Gasteiger partial charge in [-0.3, -0.25) is 14.4 Å². The van der Waals surface area contributed by atoms with Gasteiger partial charge in [0.05, 0.1) is 13.0 Å². The fourth-order valence-corrected chi connectivity index (χ4v) is 1.65. The average Bonchev–Trinajstić information content (AvgIpc) is 2.45. The summed E-state index contributed by atoms with van der Waals surface area (Å²) in [4.78, 5) is 34.2. The molecule has 108 valence electrons. The zero-order valence-electron chi connectivity index (χ0n) is 11.6. The van der Waals surface area contributed by atoms with Crippen LogP contribution in [0, 0.1) is 5.92 Å². The first kappa shape index (κ1) is 15.9. The molecule has 0 bridgehead atoms. The molecule has 0 aromatic heterocycles. The summed E-state index contributed by atoms with van der Waals surface area (Å²) in [7, 11) is 1.26. The Morgan fingerprint density at radius 3 is 2.40 bits per heavy atom. The number of ketones is 1. The van der Waals surface area contributed by atoms with Crippen LogP contribution in [0.3, 0.4) is 0 Å². The lowest BCUT2D eigenvalue weighted by molar-refractivity contribution is -0.150. The lowest BCUT2D eigenvalue weighted by Gasteiger charge is -2.08. The molecule has 0 radical (unpaired) electrons. The Labute approximate surface area is 117 Å². The van der Waals surface area contributed by atoms with Crippen molar-refractivity contribution in [2.24, 2.45) is 5.92 Å². The van der Waals surface area contributed by atoms with Crippen molar-refractivity contribution in [1.82, 2.24) is 0 Å². The predicted octanol–water partition coefficient (Wildman–Crippen LogP) is 1.89. The molecule has 5 heteroatoms. The van der Waals surface area contributed by atoms with Crippen LogP contribution < -0.4 is 0 Å². The van der Waals surface area contributed by atoms with Crippen molar-refractivity contribution in [2.75, 3.05) is 7.11 Å². The van der Waals surface area contributed by atoms with Gasteiger partial charge in [0.15, 0.2) is 0 Å². The Morgan fingerprint density at radius 2 is 1.80 bits per heavy atom. The molecular formula is C15H18O5. The monoisotopic (exact) mass is 278 g/mol. The highest BCUT2D eigenvalue weighted by atomic mass is 16.5. The maximum atomic E-state index is 11.6. The van der Waals surface area contributed by atoms with Gasteiger partial charge in [-0.05, 0) is 5.56 Å². The molecule has 1 aromatic rings. The zero-order valence-corrected chi connectivity index (χ0v) is 11.6. The number of Topliss-reactive ketones (excluding diaryl/α,β-unsaturated/α-hetero) is 1. The van der Waals surface area contributed by atoms with E-state index in [0.29, 0.717) is 0 Å². The topological polar surface area (TPSA) is 69.7 Å². The van der Waals surface area contributed by atoms with Gasteiger partial charge in [-0.15, -0.1) is 0 Å². The number of esters is 2. The highest BCUT2D eigenvalue weighted by Gasteiger charge is 2.19. The minimum atomic E-state index is -0.587. The summed E-state index contributed by atoms with van der Waals surface area (Å²) in [6.07, 6.45) is -0.346. The molecule has 0 N–H and O–H groups in total. The van der Waals surface area contributed by atoms with Crippen molar-refractivity contribution in [3.63, 3.8) is 0 Å². The Bertz CT molecular complexity index is 466. The quantitative estimate of drug-likeness (QED) is 0.562. The van der Waals surface area contributed by atoms with Crippen molar-refractivity contribution in [3.05, 3.63) is 35.9 Å². The lowest BCUT2D eigenvalue weighted by atomic mass is 10.0. The fraction of sp³-hybridized carbons (Fsp3) is 0.400. The summed E-state index contributed by atoms with van der Waals surface area (Å²) in [5, 5.41) is 0. The molecular weight excluding hydrogens is 260 g/mol. The average molecular weight is 278 g/mol. The van der Waals surface area contributed by atoms with E-state index in [1.807, 2.05) is 30.3 Å². The summed E-state index contributed by atoms with van der Waals surface area (Å²) in [6, 6.07) is 9.20. The standard InChI is InChI=1S/C15H18O5/c1-11(15(18)19-2)8-13(16)9-14(17)20-10-12-6-4-3-5-7-12/h3-7,11H,8-10H2,1-2H3. The van der Waals surface area contributed by atoms with E-state index in [9.17, 15) is 14.4 Å². The van der Waals surface area contributed by atoms with Crippen LogP contribution in [0.4, 0.5) is 0 Å². The van der Waals surface area contributed by atoms with Gasteiger partial charge in [-0.2, -0.15) is 0 Å². The van der Waals surface area contributed by atoms with E-state index in [1.54, 1.807) is 6.92 Å². The molecule has 0 fully saturated rings. The van der Waals surface area contributed by atoms with E-state index in [1.165, 1.54) is 7.11 Å². The highest BCUT2D eigenvalue weighted by molar-refractivity contribution is 5.96. The normalized spacial score (nSPS) is 11.5. The minimum absolute atomic E-state index is 0.0207. The lowest BCUT2D eigenvalue weighted by Crippen LogP contribution is -2.19. The van der Waals surface area contributed by atoms with E-state index < -0.39 is 17.9 Å². The maximum Gasteiger partial charge on any atom is 0.313 e. The van der Waals surface area contributed by atoms with Crippen molar-refractivity contribution in [2.45, 2.75) is 26.4 Å². The number of carbonyl (C=O) groups excluding carboxylic acids is 3. The minimum Gasteiger partial charge on any atom is -0.469 e. The van der Waals surface area contributed by atoms with E-state index in [0.717, 1.165) is 5.56 Å². The second-order valence-corrected chi connectivity index (χ2v) is 4.49. The number of hydrogen-bond acceptors (Lipinski definition) is 5. The van der Waals surface area contributed by atoms with E-state index >= 15 is 0 Å². The third-order valence-electron chi connectivity index (χ3n) is 2.72. The first-order valence-electron chi connectivity index (χ1n) is 6.32. The summed E-state index contributed by atoms with van der Waals surface area (Å²) in [6.45, 7) is 1.72. The molecule has 0 spiro atoms. The molecule has 0 heterocycles. The van der Waals surface area contributed by atoms with Gasteiger partial charge < -0.3 is 9.47 Å². The Kier molecular flexibility index (Phi) is 6.43. The number of benzene rings is 1. The molecule has 1 aromatic carbocycles. The summed E-state index contributed by atoms with van der Waals surface area (Å²) in [5.74, 6) is -1.93. The zero-order chi connectivity index (χ0) is 15.0. The van der Waals surface area contributed by atoms with Gasteiger partial charge in [0.1, 0.15) is 18.8 Å². The summed E-state index contributed by atoms with van der Waals surface area (Å²) >= 11 is 0. The van der Waals surface area contributed by atoms with E-state index in [2.05, 4.69) is 4.74 Å². The van der Waals surface area contributed by atoms with E-state index in [-0.39, 0.29) is 25.2 Å². The largest absolute Gasteiger partial charge is 0.469 e. The third-order valence-corrected chi connectivity index (χ3v) is 2.72. The van der Waals surface area contributed by atoms with Gasteiger partial charge in [0, 0.05) is 6.42 Å². The van der Waals surface area contributed by atoms with Gasteiger partial charge in [-0.25, -0.2) is 0 Å². The van der Waals surface area contributed by atoms with Crippen LogP contribution in [-0.4, -0.2) is 24.8 Å². The second-order valence-electron chi connectivity index (χ2n) is 4.49. The van der Waals surface area contributed by atoms with Crippen LogP contribution in [-0.2, 0) is 30.5 Å². The molecule has 5 nitrogen and oxygen atoms in total. The highest BCUT2D eigenvalue weighted by Crippen LogP contribution is 2.08. The van der Waals surface area contributed by atoms with Crippen molar-refractivity contribution in [3.8, 4) is 0 Å². The predicted molar refractivity (Wildman–Crippen MR) is 71.7 cm³/mol. The molecule has 0 aliphatic rings. The number of methoxy groups -OCH3 is 1. The first-order valence-corrected chi connectivity index (χ1v) is 6.32. The molecule has 1 atom stereocenters. The van der Waals surface area contributed by atoms with Crippen LogP contribution in [0.25, 0.3) is 0 Å². The molecule has 0 aliphatic carbocycles. The Morgan fingerprint density at radius 1 is 1.15 bits per heavy atom. The maximum absolute atomic E-state index is 11.6. The molecule has 1 rings (SSSR count). The third kappa shape index (κ3) is 5.65. The van der Waals surface area contributed by atoms with Crippen LogP contribution in [0.1, 0.15) is 25.3 Å². The van der Waals surface area contributed by atoms with Crippen molar-refractivity contribution >= 4 is 17.7 Å². The SMILES string of the molecule is COC(=O)C(C)CC(=O)CC(=O)OCc1ccccc1. The smallest absolute Gasteiger partial charge is 0.313 e. The molecule has 0 aliphatic heterocycles. The summed E-state index contributed by atoms with van der Waals surface area (Å²) < 4.78 is 9.51. The van der Waals surface area contributed by atoms with Gasteiger partial charge >= 0.3 is 11.9 Å². The molecule has 0 amide bonds. The molecule has 0 saturated carbocycles. The first-order chi connectivity index (χ1) is 9.52.